The topological polar surface area (TPSA) is 59.0 Å². The Morgan fingerprint density at radius 2 is 2.31 bits per heavy atom. The Bertz CT molecular complexity index is 446. The molecule has 2 aliphatic rings. The van der Waals surface area contributed by atoms with E-state index in [1.54, 1.807) is 17.0 Å². The Morgan fingerprint density at radius 1 is 1.56 bits per heavy atom. The molecule has 1 aromatic heterocycles. The number of aromatic nitrogens is 2. The predicted octanol–water partition coefficient (Wildman–Crippen LogP) is -0.107. The highest BCUT2D eigenvalue weighted by Gasteiger charge is 2.53. The highest BCUT2D eigenvalue weighted by atomic mass is 16.1. The average Bonchev–Trinajstić information content (AvgIpc) is 2.76. The summed E-state index contributed by atoms with van der Waals surface area (Å²) in [5, 5.41) is 6.61. The van der Waals surface area contributed by atoms with Gasteiger partial charge < -0.3 is 15.2 Å². The fourth-order valence-corrected chi connectivity index (χ4v) is 2.59. The first-order chi connectivity index (χ1) is 7.81. The van der Waals surface area contributed by atoms with Gasteiger partial charge >= 0.3 is 0 Å². The molecule has 2 N–H and O–H groups in total. The first kappa shape index (κ1) is 9.84. The van der Waals surface area contributed by atoms with Gasteiger partial charge in [-0.2, -0.15) is 0 Å². The van der Waals surface area contributed by atoms with Gasteiger partial charge in [0.15, 0.2) is 5.82 Å². The first-order valence-corrected chi connectivity index (χ1v) is 5.84. The molecule has 86 valence electrons. The predicted molar refractivity (Wildman–Crippen MR) is 61.4 cm³/mol. The SMILES string of the molecule is CCn1ccnc(NC2C3CNCC32)c1=O. The number of piperidine rings is 1. The van der Waals surface area contributed by atoms with E-state index in [0.29, 0.717) is 30.2 Å². The van der Waals surface area contributed by atoms with Gasteiger partial charge in [0.1, 0.15) is 0 Å². The van der Waals surface area contributed by atoms with E-state index in [9.17, 15) is 4.79 Å². The third-order valence-electron chi connectivity index (χ3n) is 3.65. The van der Waals surface area contributed by atoms with Gasteiger partial charge in [0.25, 0.3) is 5.56 Å². The molecule has 1 aliphatic carbocycles. The summed E-state index contributed by atoms with van der Waals surface area (Å²) < 4.78 is 1.67. The van der Waals surface area contributed by atoms with Crippen LogP contribution in [0.25, 0.3) is 0 Å². The van der Waals surface area contributed by atoms with Crippen molar-refractivity contribution in [3.8, 4) is 0 Å². The van der Waals surface area contributed by atoms with Crippen LogP contribution < -0.4 is 16.2 Å². The number of hydrogen-bond acceptors (Lipinski definition) is 4. The fraction of sp³-hybridized carbons (Fsp3) is 0.636. The second-order valence-electron chi connectivity index (χ2n) is 4.52. The summed E-state index contributed by atoms with van der Waals surface area (Å²) in [5.74, 6) is 1.89. The summed E-state index contributed by atoms with van der Waals surface area (Å²) in [5.41, 5.74) is -0.0112. The Labute approximate surface area is 93.9 Å². The molecular weight excluding hydrogens is 204 g/mol. The highest BCUT2D eigenvalue weighted by Crippen LogP contribution is 2.43. The lowest BCUT2D eigenvalue weighted by atomic mass is 10.4. The lowest BCUT2D eigenvalue weighted by Crippen LogP contribution is -2.28. The minimum Gasteiger partial charge on any atom is -0.362 e. The highest BCUT2D eigenvalue weighted by molar-refractivity contribution is 5.37. The van der Waals surface area contributed by atoms with Gasteiger partial charge in [-0.1, -0.05) is 0 Å². The van der Waals surface area contributed by atoms with Crippen molar-refractivity contribution in [2.45, 2.75) is 19.5 Å². The third kappa shape index (κ3) is 1.43. The number of aryl methyl sites for hydroxylation is 1. The van der Waals surface area contributed by atoms with Crippen molar-refractivity contribution in [2.75, 3.05) is 18.4 Å². The Kier molecular flexibility index (Phi) is 2.21. The maximum absolute atomic E-state index is 11.9. The molecule has 0 bridgehead atoms. The molecular formula is C11H16N4O. The molecule has 0 amide bonds. The molecule has 2 heterocycles. The maximum atomic E-state index is 11.9. The van der Waals surface area contributed by atoms with E-state index < -0.39 is 0 Å². The quantitative estimate of drug-likeness (QED) is 0.746. The molecule has 1 aliphatic heterocycles. The normalized spacial score (nSPS) is 31.2. The minimum absolute atomic E-state index is 0.0112. The molecule has 1 saturated carbocycles. The van der Waals surface area contributed by atoms with Crippen LogP contribution >= 0.6 is 0 Å². The number of nitrogens with zero attached hydrogens (tertiary/aromatic N) is 2. The Hall–Kier alpha value is -1.36. The molecule has 1 saturated heterocycles. The molecule has 2 unspecified atom stereocenters. The smallest absolute Gasteiger partial charge is 0.293 e. The first-order valence-electron chi connectivity index (χ1n) is 5.84. The van der Waals surface area contributed by atoms with Crippen LogP contribution in [0.15, 0.2) is 17.2 Å². The van der Waals surface area contributed by atoms with Gasteiger partial charge in [-0.25, -0.2) is 4.98 Å². The lowest BCUT2D eigenvalue weighted by molar-refractivity contribution is 0.686. The van der Waals surface area contributed by atoms with Crippen LogP contribution in [0.4, 0.5) is 5.82 Å². The van der Waals surface area contributed by atoms with E-state index in [2.05, 4.69) is 15.6 Å². The molecule has 5 heteroatoms. The van der Waals surface area contributed by atoms with Crippen molar-refractivity contribution < 1.29 is 0 Å². The van der Waals surface area contributed by atoms with Crippen molar-refractivity contribution in [3.05, 3.63) is 22.7 Å². The summed E-state index contributed by atoms with van der Waals surface area (Å²) in [7, 11) is 0. The largest absolute Gasteiger partial charge is 0.362 e. The van der Waals surface area contributed by atoms with Crippen LogP contribution in [0.2, 0.25) is 0 Å². The number of rotatable bonds is 3. The Morgan fingerprint density at radius 3 is 3.00 bits per heavy atom. The molecule has 0 radical (unpaired) electrons. The monoisotopic (exact) mass is 220 g/mol. The van der Waals surface area contributed by atoms with Crippen molar-refractivity contribution in [2.24, 2.45) is 11.8 Å². The number of hydrogen-bond donors (Lipinski definition) is 2. The molecule has 0 spiro atoms. The van der Waals surface area contributed by atoms with Crippen molar-refractivity contribution in [3.63, 3.8) is 0 Å². The van der Waals surface area contributed by atoms with Crippen LogP contribution in [0.5, 0.6) is 0 Å². The van der Waals surface area contributed by atoms with Gasteiger partial charge in [0.05, 0.1) is 0 Å². The van der Waals surface area contributed by atoms with Gasteiger partial charge in [-0.3, -0.25) is 4.79 Å². The van der Waals surface area contributed by atoms with E-state index >= 15 is 0 Å². The van der Waals surface area contributed by atoms with E-state index in [0.717, 1.165) is 13.1 Å². The van der Waals surface area contributed by atoms with Gasteiger partial charge in [-0.05, 0) is 18.8 Å². The Balaban J connectivity index is 1.78. The van der Waals surface area contributed by atoms with Crippen LogP contribution in [0.1, 0.15) is 6.92 Å². The van der Waals surface area contributed by atoms with E-state index in [-0.39, 0.29) is 5.56 Å². The van der Waals surface area contributed by atoms with Crippen LogP contribution in [-0.4, -0.2) is 28.7 Å². The van der Waals surface area contributed by atoms with Crippen LogP contribution in [-0.2, 0) is 6.54 Å². The van der Waals surface area contributed by atoms with Gasteiger partial charge in [0.2, 0.25) is 0 Å². The van der Waals surface area contributed by atoms with Crippen molar-refractivity contribution >= 4 is 5.82 Å². The number of anilines is 1. The van der Waals surface area contributed by atoms with Crippen LogP contribution in [0, 0.1) is 11.8 Å². The van der Waals surface area contributed by atoms with Crippen molar-refractivity contribution in [1.29, 1.82) is 0 Å². The van der Waals surface area contributed by atoms with Gasteiger partial charge in [0, 0.05) is 38.1 Å². The van der Waals surface area contributed by atoms with E-state index in [1.165, 1.54) is 0 Å². The summed E-state index contributed by atoms with van der Waals surface area (Å²) in [6.45, 7) is 4.78. The number of fused-ring (bicyclic) bond motifs is 1. The minimum atomic E-state index is -0.0112. The molecule has 1 aromatic rings. The second kappa shape index (κ2) is 3.59. The van der Waals surface area contributed by atoms with Crippen molar-refractivity contribution in [1.82, 2.24) is 14.9 Å². The molecule has 2 atom stereocenters. The van der Waals surface area contributed by atoms with Crippen LogP contribution in [0.3, 0.4) is 0 Å². The van der Waals surface area contributed by atoms with E-state index in [1.807, 2.05) is 6.92 Å². The lowest BCUT2D eigenvalue weighted by Gasteiger charge is -2.09. The third-order valence-corrected chi connectivity index (χ3v) is 3.65. The summed E-state index contributed by atoms with van der Waals surface area (Å²) in [6.07, 6.45) is 3.41. The van der Waals surface area contributed by atoms with E-state index in [4.69, 9.17) is 0 Å². The standard InChI is InChI=1S/C11H16N4O/c1-2-15-4-3-13-10(11(15)16)14-9-7-5-12-6-8(7)9/h3-4,7-9,12H,2,5-6H2,1H3,(H,13,14). The second-order valence-corrected chi connectivity index (χ2v) is 4.52. The fourth-order valence-electron chi connectivity index (χ4n) is 2.59. The zero-order valence-corrected chi connectivity index (χ0v) is 9.31. The number of nitrogens with one attached hydrogen (secondary N) is 2. The molecule has 3 rings (SSSR count). The molecule has 5 nitrogen and oxygen atoms in total. The van der Waals surface area contributed by atoms with Gasteiger partial charge in [-0.15, -0.1) is 0 Å². The zero-order valence-electron chi connectivity index (χ0n) is 9.31. The maximum Gasteiger partial charge on any atom is 0.293 e. The zero-order chi connectivity index (χ0) is 11.1. The average molecular weight is 220 g/mol. The molecule has 0 aromatic carbocycles. The summed E-state index contributed by atoms with van der Waals surface area (Å²) in [4.78, 5) is 16.0. The summed E-state index contributed by atoms with van der Waals surface area (Å²) >= 11 is 0. The summed E-state index contributed by atoms with van der Waals surface area (Å²) in [6, 6.07) is 0.453. The molecule has 2 fully saturated rings. The molecule has 16 heavy (non-hydrogen) atoms.